The fourth-order valence-corrected chi connectivity index (χ4v) is 4.95. The summed E-state index contributed by atoms with van der Waals surface area (Å²) in [5.74, 6) is 2.20. The van der Waals surface area contributed by atoms with Gasteiger partial charge in [-0.15, -0.1) is 0 Å². The maximum absolute atomic E-state index is 3.81. The molecule has 0 saturated carbocycles. The van der Waals surface area contributed by atoms with E-state index in [9.17, 15) is 0 Å². The standard InChI is InChI=1S/C25H43N/c1-18(2)21(16-23(3,4)5)14-19-10-12-20(13-11-19)15-22-17-24(6,7)26-25(22,8)9/h10-13,18,21-22,26H,14-17H2,1-9H3. The molecule has 1 aliphatic rings. The molecule has 1 aromatic rings. The molecule has 1 heteroatoms. The van der Waals surface area contributed by atoms with Crippen LogP contribution in [-0.4, -0.2) is 11.1 Å². The van der Waals surface area contributed by atoms with Crippen LogP contribution in [0.15, 0.2) is 24.3 Å². The van der Waals surface area contributed by atoms with Gasteiger partial charge in [-0.05, 0) is 87.7 Å². The van der Waals surface area contributed by atoms with E-state index in [2.05, 4.69) is 91.9 Å². The molecule has 26 heavy (non-hydrogen) atoms. The third-order valence-electron chi connectivity index (χ3n) is 6.26. The van der Waals surface area contributed by atoms with Crippen LogP contribution < -0.4 is 5.32 Å². The highest BCUT2D eigenvalue weighted by Crippen LogP contribution is 2.38. The molecule has 1 saturated heterocycles. The molecule has 1 heterocycles. The average Bonchev–Trinajstić information content (AvgIpc) is 2.66. The van der Waals surface area contributed by atoms with Crippen LogP contribution in [-0.2, 0) is 12.8 Å². The second-order valence-electron chi connectivity index (χ2n) is 11.6. The zero-order valence-electron chi connectivity index (χ0n) is 18.9. The molecular formula is C25H43N. The Labute approximate surface area is 163 Å². The highest BCUT2D eigenvalue weighted by molar-refractivity contribution is 5.24. The molecule has 148 valence electrons. The fourth-order valence-electron chi connectivity index (χ4n) is 4.95. The molecule has 0 amide bonds. The average molecular weight is 358 g/mol. The van der Waals surface area contributed by atoms with Crippen LogP contribution in [0.5, 0.6) is 0 Å². The third-order valence-corrected chi connectivity index (χ3v) is 6.26. The zero-order valence-corrected chi connectivity index (χ0v) is 18.9. The highest BCUT2D eigenvalue weighted by Gasteiger charge is 2.43. The maximum Gasteiger partial charge on any atom is 0.0162 e. The molecule has 2 unspecified atom stereocenters. The van der Waals surface area contributed by atoms with Gasteiger partial charge in [0.15, 0.2) is 0 Å². The van der Waals surface area contributed by atoms with Gasteiger partial charge in [0.25, 0.3) is 0 Å². The van der Waals surface area contributed by atoms with Crippen LogP contribution in [0.25, 0.3) is 0 Å². The number of hydrogen-bond acceptors (Lipinski definition) is 1. The third kappa shape index (κ3) is 6.12. The van der Waals surface area contributed by atoms with Crippen LogP contribution in [0.1, 0.15) is 86.3 Å². The van der Waals surface area contributed by atoms with Gasteiger partial charge >= 0.3 is 0 Å². The van der Waals surface area contributed by atoms with Crippen LogP contribution >= 0.6 is 0 Å². The molecule has 0 radical (unpaired) electrons. The molecule has 0 bridgehead atoms. The summed E-state index contributed by atoms with van der Waals surface area (Å²) in [5.41, 5.74) is 3.87. The lowest BCUT2D eigenvalue weighted by molar-refractivity contribution is 0.241. The number of nitrogens with one attached hydrogen (secondary N) is 1. The van der Waals surface area contributed by atoms with E-state index < -0.39 is 0 Å². The van der Waals surface area contributed by atoms with E-state index in [0.29, 0.717) is 11.3 Å². The molecule has 0 aromatic heterocycles. The Hall–Kier alpha value is -0.820. The van der Waals surface area contributed by atoms with Gasteiger partial charge < -0.3 is 5.32 Å². The fraction of sp³-hybridized carbons (Fsp3) is 0.760. The molecule has 1 N–H and O–H groups in total. The normalized spacial score (nSPS) is 23.4. The Morgan fingerprint density at radius 2 is 1.54 bits per heavy atom. The number of benzene rings is 1. The molecule has 1 fully saturated rings. The van der Waals surface area contributed by atoms with Gasteiger partial charge in [0.05, 0.1) is 0 Å². The Morgan fingerprint density at radius 1 is 1.00 bits per heavy atom. The van der Waals surface area contributed by atoms with Crippen molar-refractivity contribution in [1.29, 1.82) is 0 Å². The van der Waals surface area contributed by atoms with Gasteiger partial charge in [-0.3, -0.25) is 0 Å². The summed E-state index contributed by atoms with van der Waals surface area (Å²) >= 11 is 0. The van der Waals surface area contributed by atoms with Gasteiger partial charge in [0.1, 0.15) is 0 Å². The van der Waals surface area contributed by atoms with Crippen LogP contribution in [0.4, 0.5) is 0 Å². The maximum atomic E-state index is 3.81. The van der Waals surface area contributed by atoms with E-state index in [4.69, 9.17) is 0 Å². The first-order valence-electron chi connectivity index (χ1n) is 10.6. The molecule has 1 aliphatic heterocycles. The van der Waals surface area contributed by atoms with Gasteiger partial charge in [0, 0.05) is 11.1 Å². The van der Waals surface area contributed by atoms with Crippen molar-refractivity contribution in [2.75, 3.05) is 0 Å². The molecule has 0 spiro atoms. The first kappa shape index (κ1) is 21.5. The first-order valence-corrected chi connectivity index (χ1v) is 10.6. The lowest BCUT2D eigenvalue weighted by atomic mass is 9.77. The van der Waals surface area contributed by atoms with Crippen molar-refractivity contribution in [3.8, 4) is 0 Å². The summed E-state index contributed by atoms with van der Waals surface area (Å²) in [4.78, 5) is 0. The van der Waals surface area contributed by atoms with Crippen molar-refractivity contribution in [2.45, 2.75) is 99.1 Å². The minimum atomic E-state index is 0.220. The van der Waals surface area contributed by atoms with E-state index in [-0.39, 0.29) is 11.1 Å². The predicted octanol–water partition coefficient (Wildman–Crippen LogP) is 6.65. The predicted molar refractivity (Wildman–Crippen MR) is 116 cm³/mol. The SMILES string of the molecule is CC(C)C(Cc1ccc(CC2CC(C)(C)NC2(C)C)cc1)CC(C)(C)C. The molecule has 1 nitrogen and oxygen atoms in total. The van der Waals surface area contributed by atoms with Crippen molar-refractivity contribution in [3.63, 3.8) is 0 Å². The quantitative estimate of drug-likeness (QED) is 0.601. The summed E-state index contributed by atoms with van der Waals surface area (Å²) < 4.78 is 0. The minimum absolute atomic E-state index is 0.220. The van der Waals surface area contributed by atoms with E-state index in [1.165, 1.54) is 36.8 Å². The summed E-state index contributed by atoms with van der Waals surface area (Å²) in [6.45, 7) is 21.2. The topological polar surface area (TPSA) is 12.0 Å². The number of hydrogen-bond donors (Lipinski definition) is 1. The Kier molecular flexibility index (Phi) is 6.33. The van der Waals surface area contributed by atoms with Crippen LogP contribution in [0.2, 0.25) is 0 Å². The Morgan fingerprint density at radius 3 is 1.96 bits per heavy atom. The second kappa shape index (κ2) is 7.66. The van der Waals surface area contributed by atoms with Crippen molar-refractivity contribution >= 4 is 0 Å². The van der Waals surface area contributed by atoms with E-state index in [1.54, 1.807) is 0 Å². The van der Waals surface area contributed by atoms with Crippen molar-refractivity contribution < 1.29 is 0 Å². The van der Waals surface area contributed by atoms with E-state index in [0.717, 1.165) is 11.8 Å². The van der Waals surface area contributed by atoms with E-state index >= 15 is 0 Å². The first-order chi connectivity index (χ1) is 11.8. The van der Waals surface area contributed by atoms with Crippen molar-refractivity contribution in [2.24, 2.45) is 23.2 Å². The molecule has 2 atom stereocenters. The van der Waals surface area contributed by atoms with Crippen molar-refractivity contribution in [3.05, 3.63) is 35.4 Å². The van der Waals surface area contributed by atoms with E-state index in [1.807, 2.05) is 0 Å². The van der Waals surface area contributed by atoms with Gasteiger partial charge in [-0.25, -0.2) is 0 Å². The molecule has 0 aliphatic carbocycles. The smallest absolute Gasteiger partial charge is 0.0162 e. The number of rotatable bonds is 6. The molecule has 2 rings (SSSR count). The van der Waals surface area contributed by atoms with Crippen molar-refractivity contribution in [1.82, 2.24) is 5.32 Å². The van der Waals surface area contributed by atoms with Gasteiger partial charge in [0.2, 0.25) is 0 Å². The summed E-state index contributed by atoms with van der Waals surface area (Å²) in [7, 11) is 0. The Bertz CT molecular complexity index is 571. The summed E-state index contributed by atoms with van der Waals surface area (Å²) in [5, 5.41) is 3.81. The summed E-state index contributed by atoms with van der Waals surface area (Å²) in [6.07, 6.45) is 4.93. The highest BCUT2D eigenvalue weighted by atomic mass is 15.1. The summed E-state index contributed by atoms with van der Waals surface area (Å²) in [6, 6.07) is 9.53. The zero-order chi connectivity index (χ0) is 19.8. The second-order valence-corrected chi connectivity index (χ2v) is 11.6. The Balaban J connectivity index is 2.02. The van der Waals surface area contributed by atoms with Crippen LogP contribution in [0.3, 0.4) is 0 Å². The monoisotopic (exact) mass is 357 g/mol. The lowest BCUT2D eigenvalue weighted by Gasteiger charge is -2.29. The largest absolute Gasteiger partial charge is 0.307 e. The molecular weight excluding hydrogens is 314 g/mol. The van der Waals surface area contributed by atoms with Gasteiger partial charge in [-0.2, -0.15) is 0 Å². The minimum Gasteiger partial charge on any atom is -0.307 e. The van der Waals surface area contributed by atoms with Crippen LogP contribution in [0, 0.1) is 23.2 Å². The van der Waals surface area contributed by atoms with Gasteiger partial charge in [-0.1, -0.05) is 58.9 Å². The lowest BCUT2D eigenvalue weighted by Crippen LogP contribution is -2.45. The molecule has 1 aromatic carbocycles.